The normalized spacial score (nSPS) is 24.5. The van der Waals surface area contributed by atoms with E-state index in [0.717, 1.165) is 16.6 Å². The number of hydrogen-bond donors (Lipinski definition) is 1. The van der Waals surface area contributed by atoms with Crippen molar-refractivity contribution < 1.29 is 22.7 Å². The van der Waals surface area contributed by atoms with Gasteiger partial charge in [0.1, 0.15) is 6.04 Å². The van der Waals surface area contributed by atoms with Crippen molar-refractivity contribution in [3.8, 4) is 0 Å². The van der Waals surface area contributed by atoms with E-state index >= 15 is 0 Å². The second kappa shape index (κ2) is 5.06. The third-order valence-electron chi connectivity index (χ3n) is 2.69. The first-order valence-corrected chi connectivity index (χ1v) is 7.83. The Bertz CT molecular complexity index is 607. The lowest BCUT2D eigenvalue weighted by Crippen LogP contribution is -2.45. The number of carbonyl (C=O) groups is 1. The van der Waals surface area contributed by atoms with Gasteiger partial charge in [0.2, 0.25) is 5.03 Å². The molecule has 9 heteroatoms. The summed E-state index contributed by atoms with van der Waals surface area (Å²) in [7, 11) is -4.27. The highest BCUT2D eigenvalue weighted by Crippen LogP contribution is 2.34. The average molecular weight is 306 g/mol. The minimum absolute atomic E-state index is 0.129. The van der Waals surface area contributed by atoms with Crippen LogP contribution in [0.15, 0.2) is 23.4 Å². The van der Waals surface area contributed by atoms with Gasteiger partial charge in [-0.3, -0.25) is 4.79 Å². The van der Waals surface area contributed by atoms with Crippen LogP contribution in [0.2, 0.25) is 0 Å². The summed E-state index contributed by atoms with van der Waals surface area (Å²) in [5.41, 5.74) is 0. The Labute approximate surface area is 113 Å². The number of carboxylic acid groups (broad SMARTS) is 1. The van der Waals surface area contributed by atoms with E-state index in [1.807, 2.05) is 0 Å². The van der Waals surface area contributed by atoms with Gasteiger partial charge in [-0.2, -0.15) is 4.31 Å². The number of thioether (sulfide) groups is 1. The molecule has 104 valence electrons. The molecule has 2 rings (SSSR count). The van der Waals surface area contributed by atoms with Crippen molar-refractivity contribution in [3.63, 3.8) is 0 Å². The maximum atomic E-state index is 13.6. The number of aromatic nitrogens is 1. The SMILES string of the molecule is CC1SCC(C(=O)O)N1S(=O)(=O)c1ncccc1F. The van der Waals surface area contributed by atoms with Crippen molar-refractivity contribution in [2.24, 2.45) is 0 Å². The Hall–Kier alpha value is -1.19. The number of rotatable bonds is 3. The standard InChI is InChI=1S/C10H11FN2O4S2/c1-6-13(8(5-18-6)10(14)15)19(16,17)9-7(11)3-2-4-12-9/h2-4,6,8H,5H2,1H3,(H,14,15). The number of hydrogen-bond acceptors (Lipinski definition) is 5. The van der Waals surface area contributed by atoms with E-state index in [0.29, 0.717) is 0 Å². The quantitative estimate of drug-likeness (QED) is 0.887. The summed E-state index contributed by atoms with van der Waals surface area (Å²) in [6, 6.07) is 1.04. The second-order valence-electron chi connectivity index (χ2n) is 3.91. The number of pyridine rings is 1. The molecule has 2 unspecified atom stereocenters. The first kappa shape index (κ1) is 14.2. The van der Waals surface area contributed by atoms with Crippen LogP contribution >= 0.6 is 11.8 Å². The van der Waals surface area contributed by atoms with E-state index in [2.05, 4.69) is 4.98 Å². The van der Waals surface area contributed by atoms with E-state index in [-0.39, 0.29) is 5.75 Å². The highest BCUT2D eigenvalue weighted by Gasteiger charge is 2.45. The number of carboxylic acids is 1. The van der Waals surface area contributed by atoms with Crippen molar-refractivity contribution in [1.82, 2.24) is 9.29 Å². The van der Waals surface area contributed by atoms with E-state index in [1.165, 1.54) is 17.8 Å². The zero-order chi connectivity index (χ0) is 14.2. The number of sulfonamides is 1. The van der Waals surface area contributed by atoms with Gasteiger partial charge in [0.05, 0.1) is 5.37 Å². The molecule has 1 aromatic rings. The maximum absolute atomic E-state index is 13.6. The zero-order valence-corrected chi connectivity index (χ0v) is 11.5. The van der Waals surface area contributed by atoms with Gasteiger partial charge < -0.3 is 5.11 Å². The first-order valence-electron chi connectivity index (χ1n) is 5.34. The Morgan fingerprint density at radius 1 is 1.63 bits per heavy atom. The van der Waals surface area contributed by atoms with Gasteiger partial charge in [-0.05, 0) is 19.1 Å². The smallest absolute Gasteiger partial charge is 0.322 e. The highest BCUT2D eigenvalue weighted by molar-refractivity contribution is 8.01. The van der Waals surface area contributed by atoms with Crippen LogP contribution in [0.25, 0.3) is 0 Å². The predicted molar refractivity (Wildman–Crippen MR) is 66.6 cm³/mol. The molecule has 2 heterocycles. The molecule has 0 spiro atoms. The fourth-order valence-corrected chi connectivity index (χ4v) is 5.11. The third kappa shape index (κ3) is 2.45. The molecule has 0 saturated carbocycles. The predicted octanol–water partition coefficient (Wildman–Crippen LogP) is 0.757. The lowest BCUT2D eigenvalue weighted by Gasteiger charge is -2.23. The summed E-state index contributed by atoms with van der Waals surface area (Å²) in [5.74, 6) is -2.11. The fraction of sp³-hybridized carbons (Fsp3) is 0.400. The van der Waals surface area contributed by atoms with Crippen LogP contribution in [-0.4, -0.2) is 46.0 Å². The summed E-state index contributed by atoms with van der Waals surface area (Å²) in [6.45, 7) is 1.56. The second-order valence-corrected chi connectivity index (χ2v) is 7.02. The summed E-state index contributed by atoms with van der Waals surface area (Å²) < 4.78 is 39.0. The molecule has 6 nitrogen and oxygen atoms in total. The minimum atomic E-state index is -4.27. The van der Waals surface area contributed by atoms with Crippen LogP contribution in [-0.2, 0) is 14.8 Å². The molecule has 0 bridgehead atoms. The molecule has 0 aliphatic carbocycles. The molecule has 19 heavy (non-hydrogen) atoms. The lowest BCUT2D eigenvalue weighted by atomic mass is 10.3. The molecule has 1 saturated heterocycles. The van der Waals surface area contributed by atoms with Crippen molar-refractivity contribution in [2.75, 3.05) is 5.75 Å². The monoisotopic (exact) mass is 306 g/mol. The van der Waals surface area contributed by atoms with Gasteiger partial charge >= 0.3 is 5.97 Å². The van der Waals surface area contributed by atoms with Crippen LogP contribution in [0.1, 0.15) is 6.92 Å². The molecule has 0 amide bonds. The Kier molecular flexibility index (Phi) is 3.79. The topological polar surface area (TPSA) is 87.6 Å². The van der Waals surface area contributed by atoms with Crippen molar-refractivity contribution >= 4 is 27.8 Å². The van der Waals surface area contributed by atoms with Gasteiger partial charge in [0.15, 0.2) is 5.82 Å². The fourth-order valence-electron chi connectivity index (χ4n) is 1.83. The largest absolute Gasteiger partial charge is 0.480 e. The zero-order valence-electron chi connectivity index (χ0n) is 9.85. The molecule has 0 aromatic carbocycles. The molecule has 1 N–H and O–H groups in total. The van der Waals surface area contributed by atoms with Crippen LogP contribution in [0.3, 0.4) is 0 Å². The molecule has 0 radical (unpaired) electrons. The minimum Gasteiger partial charge on any atom is -0.480 e. The van der Waals surface area contributed by atoms with E-state index < -0.39 is 38.3 Å². The maximum Gasteiger partial charge on any atom is 0.322 e. The molecule has 1 fully saturated rings. The van der Waals surface area contributed by atoms with Gasteiger partial charge in [-0.15, -0.1) is 11.8 Å². The van der Waals surface area contributed by atoms with Gasteiger partial charge in [0, 0.05) is 11.9 Å². The first-order chi connectivity index (χ1) is 8.85. The average Bonchev–Trinajstić information content (AvgIpc) is 2.72. The molecule has 1 aromatic heterocycles. The summed E-state index contributed by atoms with van der Waals surface area (Å²) >= 11 is 1.18. The van der Waals surface area contributed by atoms with Crippen LogP contribution in [0.4, 0.5) is 4.39 Å². The van der Waals surface area contributed by atoms with Crippen LogP contribution in [0, 0.1) is 5.82 Å². The van der Waals surface area contributed by atoms with Gasteiger partial charge in [-0.1, -0.05) is 0 Å². The van der Waals surface area contributed by atoms with E-state index in [9.17, 15) is 17.6 Å². The van der Waals surface area contributed by atoms with Crippen LogP contribution in [0.5, 0.6) is 0 Å². The molecule has 1 aliphatic rings. The third-order valence-corrected chi connectivity index (χ3v) is 5.96. The van der Waals surface area contributed by atoms with Crippen molar-refractivity contribution in [2.45, 2.75) is 23.4 Å². The number of aliphatic carboxylic acids is 1. The molecular formula is C10H11FN2O4S2. The highest BCUT2D eigenvalue weighted by atomic mass is 32.2. The molecular weight excluding hydrogens is 295 g/mol. The molecule has 2 atom stereocenters. The Morgan fingerprint density at radius 2 is 2.32 bits per heavy atom. The summed E-state index contributed by atoms with van der Waals surface area (Å²) in [6.07, 6.45) is 1.15. The number of nitrogens with zero attached hydrogens (tertiary/aromatic N) is 2. The Balaban J connectivity index is 2.50. The van der Waals surface area contributed by atoms with Crippen molar-refractivity contribution in [1.29, 1.82) is 0 Å². The van der Waals surface area contributed by atoms with Gasteiger partial charge in [0.25, 0.3) is 10.0 Å². The Morgan fingerprint density at radius 3 is 2.89 bits per heavy atom. The number of halogens is 1. The summed E-state index contributed by atoms with van der Waals surface area (Å²) in [5, 5.41) is 7.73. The van der Waals surface area contributed by atoms with Crippen LogP contribution < -0.4 is 0 Å². The summed E-state index contributed by atoms with van der Waals surface area (Å²) in [4.78, 5) is 14.6. The lowest BCUT2D eigenvalue weighted by molar-refractivity contribution is -0.140. The van der Waals surface area contributed by atoms with E-state index in [1.54, 1.807) is 6.92 Å². The molecule has 1 aliphatic heterocycles. The van der Waals surface area contributed by atoms with Gasteiger partial charge in [-0.25, -0.2) is 17.8 Å². The van der Waals surface area contributed by atoms with Crippen molar-refractivity contribution in [3.05, 3.63) is 24.1 Å². The van der Waals surface area contributed by atoms with E-state index in [4.69, 9.17) is 5.11 Å².